The Morgan fingerprint density at radius 2 is 1.76 bits per heavy atom. The summed E-state index contributed by atoms with van der Waals surface area (Å²) in [5.41, 5.74) is 3.67. The second-order valence-electron chi connectivity index (χ2n) is 8.21. The van der Waals surface area contributed by atoms with Crippen molar-refractivity contribution in [1.29, 1.82) is 0 Å². The van der Waals surface area contributed by atoms with Gasteiger partial charge in [-0.25, -0.2) is 4.79 Å². The van der Waals surface area contributed by atoms with Crippen LogP contribution in [0.2, 0.25) is 5.02 Å². The zero-order valence-electron chi connectivity index (χ0n) is 18.8. The van der Waals surface area contributed by atoms with Gasteiger partial charge in [0.2, 0.25) is 0 Å². The molecule has 1 aliphatic rings. The number of halogens is 1. The third-order valence-electron chi connectivity index (χ3n) is 5.85. The number of aromatic nitrogens is 1. The van der Waals surface area contributed by atoms with Crippen LogP contribution in [-0.2, 0) is 16.0 Å². The molecule has 2 aromatic carbocycles. The summed E-state index contributed by atoms with van der Waals surface area (Å²) in [4.78, 5) is 18.8. The van der Waals surface area contributed by atoms with E-state index < -0.39 is 0 Å². The fourth-order valence-electron chi connectivity index (χ4n) is 4.15. The Labute approximate surface area is 200 Å². The zero-order chi connectivity index (χ0) is 23.0. The van der Waals surface area contributed by atoms with Crippen molar-refractivity contribution in [2.24, 2.45) is 0 Å². The van der Waals surface area contributed by atoms with Crippen molar-refractivity contribution in [3.63, 3.8) is 0 Å². The quantitative estimate of drug-likeness (QED) is 0.401. The highest BCUT2D eigenvalue weighted by molar-refractivity contribution is 6.30. The number of carbonyl (C=O) groups excluding carboxylic acids is 1. The molecule has 0 radical (unpaired) electrons. The third-order valence-corrected chi connectivity index (χ3v) is 6.10. The monoisotopic (exact) mass is 464 g/mol. The van der Waals surface area contributed by atoms with Gasteiger partial charge < -0.3 is 9.47 Å². The van der Waals surface area contributed by atoms with Gasteiger partial charge in [-0.2, -0.15) is 0 Å². The van der Waals surface area contributed by atoms with E-state index in [9.17, 15) is 4.79 Å². The highest BCUT2D eigenvalue weighted by atomic mass is 35.5. The molecule has 0 aliphatic carbocycles. The Balaban J connectivity index is 1.37. The molecule has 33 heavy (non-hydrogen) atoms. The highest BCUT2D eigenvalue weighted by Crippen LogP contribution is 2.31. The van der Waals surface area contributed by atoms with E-state index in [1.165, 1.54) is 0 Å². The van der Waals surface area contributed by atoms with E-state index in [1.807, 2.05) is 55.5 Å². The van der Waals surface area contributed by atoms with E-state index >= 15 is 0 Å². The van der Waals surface area contributed by atoms with Crippen LogP contribution in [0.15, 0.2) is 72.9 Å². The lowest BCUT2D eigenvalue weighted by molar-refractivity contribution is -0.0283. The van der Waals surface area contributed by atoms with E-state index in [2.05, 4.69) is 22.0 Å². The van der Waals surface area contributed by atoms with Crippen LogP contribution in [0.25, 0.3) is 0 Å². The molecule has 1 fully saturated rings. The first-order valence-corrected chi connectivity index (χ1v) is 11.8. The molecule has 0 spiro atoms. The molecule has 0 bridgehead atoms. The van der Waals surface area contributed by atoms with E-state index in [4.69, 9.17) is 21.1 Å². The number of carbonyl (C=O) groups is 1. The van der Waals surface area contributed by atoms with Gasteiger partial charge in [0.15, 0.2) is 0 Å². The summed E-state index contributed by atoms with van der Waals surface area (Å²) in [6, 6.07) is 21.7. The second kappa shape index (κ2) is 11.4. The predicted octanol–water partition coefficient (Wildman–Crippen LogP) is 5.68. The largest absolute Gasteiger partial charge is 0.462 e. The van der Waals surface area contributed by atoms with Gasteiger partial charge in [0, 0.05) is 30.9 Å². The van der Waals surface area contributed by atoms with Crippen LogP contribution in [-0.4, -0.2) is 41.7 Å². The van der Waals surface area contributed by atoms with Crippen LogP contribution in [0.5, 0.6) is 0 Å². The maximum atomic E-state index is 12.0. The van der Waals surface area contributed by atoms with Crippen LogP contribution >= 0.6 is 11.6 Å². The van der Waals surface area contributed by atoms with Crippen LogP contribution in [0.3, 0.4) is 0 Å². The van der Waals surface area contributed by atoms with Crippen molar-refractivity contribution in [3.05, 3.63) is 100 Å². The lowest BCUT2D eigenvalue weighted by Crippen LogP contribution is -2.37. The predicted molar refractivity (Wildman–Crippen MR) is 129 cm³/mol. The molecule has 0 N–H and O–H groups in total. The lowest BCUT2D eigenvalue weighted by Gasteiger charge is -2.34. The van der Waals surface area contributed by atoms with Crippen molar-refractivity contribution >= 4 is 17.6 Å². The number of nitrogens with zero attached hydrogens (tertiary/aromatic N) is 2. The average Bonchev–Trinajstić information content (AvgIpc) is 2.85. The van der Waals surface area contributed by atoms with Crippen LogP contribution in [0.1, 0.15) is 53.0 Å². The van der Waals surface area contributed by atoms with Crippen molar-refractivity contribution in [3.8, 4) is 0 Å². The minimum Gasteiger partial charge on any atom is -0.462 e. The molecule has 0 saturated carbocycles. The number of likely N-dealkylation sites (tertiary alicyclic amines) is 1. The molecule has 6 heteroatoms. The fraction of sp³-hybridized carbons (Fsp3) is 0.333. The minimum absolute atomic E-state index is 0.122. The highest BCUT2D eigenvalue weighted by Gasteiger charge is 2.25. The zero-order valence-corrected chi connectivity index (χ0v) is 19.6. The van der Waals surface area contributed by atoms with E-state index in [1.54, 1.807) is 12.3 Å². The first-order valence-electron chi connectivity index (χ1n) is 11.4. The summed E-state index contributed by atoms with van der Waals surface area (Å²) in [6.07, 6.45) is 3.60. The molecule has 3 aromatic rings. The molecular weight excluding hydrogens is 436 g/mol. The number of piperidine rings is 1. The van der Waals surface area contributed by atoms with Gasteiger partial charge in [-0.15, -0.1) is 0 Å². The van der Waals surface area contributed by atoms with Gasteiger partial charge in [-0.05, 0) is 55.2 Å². The molecule has 1 atom stereocenters. The van der Waals surface area contributed by atoms with Crippen LogP contribution in [0, 0.1) is 0 Å². The topological polar surface area (TPSA) is 51.7 Å². The van der Waals surface area contributed by atoms with Gasteiger partial charge >= 0.3 is 5.97 Å². The van der Waals surface area contributed by atoms with Crippen molar-refractivity contribution in [1.82, 2.24) is 9.88 Å². The average molecular weight is 465 g/mol. The van der Waals surface area contributed by atoms with Crippen LogP contribution < -0.4 is 0 Å². The summed E-state index contributed by atoms with van der Waals surface area (Å²) in [7, 11) is 0. The number of benzene rings is 2. The van der Waals surface area contributed by atoms with Crippen molar-refractivity contribution in [2.75, 3.05) is 19.7 Å². The SMILES string of the molecule is CCOC(=O)c1ccnc(CN2CCC(OC(c3ccccc3)c3ccc(Cl)cc3)CC2)c1. The maximum Gasteiger partial charge on any atom is 0.338 e. The number of hydrogen-bond donors (Lipinski definition) is 0. The molecule has 1 aliphatic heterocycles. The number of esters is 1. The summed E-state index contributed by atoms with van der Waals surface area (Å²) in [6.45, 7) is 4.71. The Kier molecular flexibility index (Phi) is 8.10. The third kappa shape index (κ3) is 6.41. The summed E-state index contributed by atoms with van der Waals surface area (Å²) in [5, 5.41) is 0.722. The molecule has 4 rings (SSSR count). The summed E-state index contributed by atoms with van der Waals surface area (Å²) in [5.74, 6) is -0.303. The van der Waals surface area contributed by atoms with Gasteiger partial charge in [0.1, 0.15) is 6.10 Å². The number of ether oxygens (including phenoxy) is 2. The first-order chi connectivity index (χ1) is 16.1. The maximum absolute atomic E-state index is 12.0. The molecule has 2 heterocycles. The van der Waals surface area contributed by atoms with Gasteiger partial charge in [0.05, 0.1) is 24.0 Å². The molecule has 172 valence electrons. The molecule has 1 aromatic heterocycles. The number of pyridine rings is 1. The molecule has 1 unspecified atom stereocenters. The smallest absolute Gasteiger partial charge is 0.338 e. The fourth-order valence-corrected chi connectivity index (χ4v) is 4.27. The molecule has 5 nitrogen and oxygen atoms in total. The Bertz CT molecular complexity index is 1030. The standard InChI is InChI=1S/C27H29ClN2O3/c1-2-32-27(31)22-12-15-29-24(18-22)19-30-16-13-25(14-17-30)33-26(20-6-4-3-5-7-20)21-8-10-23(28)11-9-21/h3-12,15,18,25-26H,2,13-14,16-17,19H2,1H3. The Morgan fingerprint density at radius 1 is 1.06 bits per heavy atom. The van der Waals surface area contributed by atoms with Crippen molar-refractivity contribution < 1.29 is 14.3 Å². The van der Waals surface area contributed by atoms with E-state index in [-0.39, 0.29) is 18.2 Å². The summed E-state index contributed by atoms with van der Waals surface area (Å²) < 4.78 is 11.7. The first kappa shape index (κ1) is 23.4. The molecule has 1 saturated heterocycles. The van der Waals surface area contributed by atoms with E-state index in [0.717, 1.165) is 47.8 Å². The number of hydrogen-bond acceptors (Lipinski definition) is 5. The normalized spacial score (nSPS) is 15.8. The minimum atomic E-state index is -0.303. The Hall–Kier alpha value is -2.73. The summed E-state index contributed by atoms with van der Waals surface area (Å²) >= 11 is 6.10. The Morgan fingerprint density at radius 3 is 2.45 bits per heavy atom. The molecular formula is C27H29ClN2O3. The molecule has 0 amide bonds. The van der Waals surface area contributed by atoms with Crippen LogP contribution in [0.4, 0.5) is 0 Å². The van der Waals surface area contributed by atoms with Gasteiger partial charge in [-0.1, -0.05) is 54.1 Å². The van der Waals surface area contributed by atoms with Gasteiger partial charge in [0.25, 0.3) is 0 Å². The van der Waals surface area contributed by atoms with Gasteiger partial charge in [-0.3, -0.25) is 9.88 Å². The number of rotatable bonds is 8. The van der Waals surface area contributed by atoms with Crippen molar-refractivity contribution in [2.45, 2.75) is 38.5 Å². The second-order valence-corrected chi connectivity index (χ2v) is 8.65. The lowest BCUT2D eigenvalue weighted by atomic mass is 10.00. The van der Waals surface area contributed by atoms with E-state index in [0.29, 0.717) is 18.7 Å².